The van der Waals surface area contributed by atoms with E-state index in [2.05, 4.69) is 13.2 Å². The number of carbonyl (C=O) groups is 3. The highest BCUT2D eigenvalue weighted by atomic mass is 16.6. The number of hydrogen-bond acceptors (Lipinski definition) is 6. The molecule has 6 atom stereocenters. The van der Waals surface area contributed by atoms with Crippen molar-refractivity contribution >= 4 is 17.8 Å². The van der Waals surface area contributed by atoms with Crippen molar-refractivity contribution in [1.82, 2.24) is 9.80 Å². The molecule has 200 valence electrons. The Kier molecular flexibility index (Phi) is 8.56. The van der Waals surface area contributed by atoms with E-state index in [4.69, 9.17) is 9.47 Å². The lowest BCUT2D eigenvalue weighted by Crippen LogP contribution is -2.60. The molecular weight excluding hydrogens is 460 g/mol. The molecule has 4 rings (SSSR count). The van der Waals surface area contributed by atoms with Crippen molar-refractivity contribution in [3.63, 3.8) is 0 Å². The highest BCUT2D eigenvalue weighted by molar-refractivity contribution is 5.98. The number of rotatable bonds is 12. The molecule has 0 aromatic carbocycles. The van der Waals surface area contributed by atoms with Gasteiger partial charge in [-0.25, -0.2) is 0 Å². The summed E-state index contributed by atoms with van der Waals surface area (Å²) in [6, 6.07) is -1.29. The summed E-state index contributed by atoms with van der Waals surface area (Å²) < 4.78 is 12.1. The summed E-state index contributed by atoms with van der Waals surface area (Å²) in [6.07, 6.45) is 11.3. The lowest BCUT2D eigenvalue weighted by Gasteiger charge is -2.42. The molecule has 2 bridgehead atoms. The second kappa shape index (κ2) is 11.5. The predicted octanol–water partition coefficient (Wildman–Crippen LogP) is 2.99. The van der Waals surface area contributed by atoms with Gasteiger partial charge in [-0.05, 0) is 44.9 Å². The van der Waals surface area contributed by atoms with Gasteiger partial charge < -0.3 is 24.4 Å². The van der Waals surface area contributed by atoms with Crippen LogP contribution in [0.5, 0.6) is 0 Å². The zero-order valence-electron chi connectivity index (χ0n) is 21.6. The third-order valence-corrected chi connectivity index (χ3v) is 8.74. The van der Waals surface area contributed by atoms with Crippen LogP contribution in [-0.4, -0.2) is 82.3 Å². The van der Waals surface area contributed by atoms with Crippen LogP contribution in [0.25, 0.3) is 0 Å². The molecule has 3 heterocycles. The summed E-state index contributed by atoms with van der Waals surface area (Å²) in [5.41, 5.74) is -1.07. The third-order valence-electron chi connectivity index (χ3n) is 8.74. The quantitative estimate of drug-likeness (QED) is 0.250. The summed E-state index contributed by atoms with van der Waals surface area (Å²) in [7, 11) is 0. The van der Waals surface area contributed by atoms with E-state index in [1.165, 1.54) is 0 Å². The fourth-order valence-corrected chi connectivity index (χ4v) is 7.05. The van der Waals surface area contributed by atoms with E-state index < -0.39 is 41.6 Å². The number of amides is 2. The first-order valence-electron chi connectivity index (χ1n) is 13.7. The Balaban J connectivity index is 1.68. The maximum absolute atomic E-state index is 14.4. The predicted molar refractivity (Wildman–Crippen MR) is 135 cm³/mol. The standard InChI is InChI=1S/C28H42N2O6/c1-4-7-11-17-35-27(34)22-21-14-15-28(36-21)23(22)25(32)30(19(6-3)18-31)24(28)26(33)29(16-5-2)20-12-9-8-10-13-20/h4-5,19-24,31H,1-2,6-18H2,3H3/t19-,21+,22-,23-,24?,28?/m0/s1. The molecule has 1 saturated carbocycles. The monoisotopic (exact) mass is 502 g/mol. The van der Waals surface area contributed by atoms with Gasteiger partial charge in [0.15, 0.2) is 0 Å². The first-order valence-corrected chi connectivity index (χ1v) is 13.7. The van der Waals surface area contributed by atoms with Crippen LogP contribution in [0.1, 0.15) is 71.1 Å². The first-order chi connectivity index (χ1) is 17.4. The van der Waals surface area contributed by atoms with E-state index >= 15 is 0 Å². The fraction of sp³-hybridized carbons (Fsp3) is 0.750. The number of carbonyl (C=O) groups excluding carboxylic acids is 3. The largest absolute Gasteiger partial charge is 0.465 e. The molecule has 4 aliphatic rings. The Bertz CT molecular complexity index is 851. The molecule has 0 aromatic heterocycles. The number of aliphatic hydroxyl groups is 1. The van der Waals surface area contributed by atoms with E-state index in [0.29, 0.717) is 32.2 Å². The average molecular weight is 503 g/mol. The minimum absolute atomic E-state index is 0.0927. The Morgan fingerprint density at radius 3 is 2.64 bits per heavy atom. The topological polar surface area (TPSA) is 96.4 Å². The van der Waals surface area contributed by atoms with Crippen molar-refractivity contribution in [3.05, 3.63) is 25.3 Å². The third kappa shape index (κ3) is 4.51. The molecule has 2 amide bonds. The van der Waals surface area contributed by atoms with Crippen molar-refractivity contribution in [2.75, 3.05) is 19.8 Å². The van der Waals surface area contributed by atoms with Gasteiger partial charge in [0, 0.05) is 12.6 Å². The van der Waals surface area contributed by atoms with E-state index in [-0.39, 0.29) is 31.1 Å². The molecular formula is C28H42N2O6. The number of aliphatic hydroxyl groups excluding tert-OH is 1. The van der Waals surface area contributed by atoms with E-state index in [9.17, 15) is 19.5 Å². The summed E-state index contributed by atoms with van der Waals surface area (Å²) in [4.78, 5) is 45.0. The van der Waals surface area contributed by atoms with Crippen molar-refractivity contribution < 1.29 is 29.0 Å². The molecule has 1 aliphatic carbocycles. The highest BCUT2D eigenvalue weighted by Gasteiger charge is 2.75. The smallest absolute Gasteiger partial charge is 0.312 e. The number of ether oxygens (including phenoxy) is 2. The van der Waals surface area contributed by atoms with Gasteiger partial charge >= 0.3 is 5.97 Å². The maximum atomic E-state index is 14.4. The molecule has 8 nitrogen and oxygen atoms in total. The van der Waals surface area contributed by atoms with Crippen LogP contribution in [0.15, 0.2) is 25.3 Å². The lowest BCUT2D eigenvalue weighted by atomic mass is 9.70. The Morgan fingerprint density at radius 1 is 1.25 bits per heavy atom. The van der Waals surface area contributed by atoms with Crippen LogP contribution in [-0.2, 0) is 23.9 Å². The summed E-state index contributed by atoms with van der Waals surface area (Å²) in [5.74, 6) is -2.34. The van der Waals surface area contributed by atoms with Crippen molar-refractivity contribution in [2.45, 2.75) is 101 Å². The minimum Gasteiger partial charge on any atom is -0.465 e. The maximum Gasteiger partial charge on any atom is 0.312 e. The number of hydrogen-bond donors (Lipinski definition) is 1. The molecule has 1 spiro atoms. The molecule has 8 heteroatoms. The van der Waals surface area contributed by atoms with Gasteiger partial charge in [0.1, 0.15) is 11.6 Å². The summed E-state index contributed by atoms with van der Waals surface area (Å²) >= 11 is 0. The van der Waals surface area contributed by atoms with Crippen molar-refractivity contribution in [3.8, 4) is 0 Å². The number of esters is 1. The van der Waals surface area contributed by atoms with Gasteiger partial charge in [0.25, 0.3) is 0 Å². The second-order valence-corrected chi connectivity index (χ2v) is 10.7. The summed E-state index contributed by atoms with van der Waals surface area (Å²) in [5, 5.41) is 10.2. The van der Waals surface area contributed by atoms with E-state index in [0.717, 1.165) is 38.5 Å². The molecule has 0 aromatic rings. The average Bonchev–Trinajstić information content (AvgIpc) is 3.54. The number of likely N-dealkylation sites (tertiary alicyclic amines) is 1. The zero-order valence-corrected chi connectivity index (χ0v) is 21.6. The van der Waals surface area contributed by atoms with Crippen LogP contribution < -0.4 is 0 Å². The normalized spacial score (nSPS) is 32.3. The molecule has 2 unspecified atom stereocenters. The Hall–Kier alpha value is -2.19. The van der Waals surface area contributed by atoms with Gasteiger partial charge in [-0.1, -0.05) is 38.3 Å². The lowest BCUT2D eigenvalue weighted by molar-refractivity contribution is -0.157. The van der Waals surface area contributed by atoms with Crippen LogP contribution in [0.2, 0.25) is 0 Å². The fourth-order valence-electron chi connectivity index (χ4n) is 7.05. The first kappa shape index (κ1) is 26.9. The highest BCUT2D eigenvalue weighted by Crippen LogP contribution is 2.59. The molecule has 0 radical (unpaired) electrons. The molecule has 3 aliphatic heterocycles. The number of fused-ring (bicyclic) bond motifs is 1. The van der Waals surface area contributed by atoms with Crippen molar-refractivity contribution in [1.29, 1.82) is 0 Å². The molecule has 3 saturated heterocycles. The second-order valence-electron chi connectivity index (χ2n) is 10.7. The van der Waals surface area contributed by atoms with Crippen molar-refractivity contribution in [2.24, 2.45) is 11.8 Å². The van der Waals surface area contributed by atoms with Gasteiger partial charge in [0.2, 0.25) is 11.8 Å². The number of nitrogens with zero attached hydrogens (tertiary/aromatic N) is 2. The van der Waals surface area contributed by atoms with Crippen LogP contribution in [0.3, 0.4) is 0 Å². The van der Waals surface area contributed by atoms with E-state index in [1.807, 2.05) is 11.8 Å². The van der Waals surface area contributed by atoms with Gasteiger partial charge in [-0.3, -0.25) is 14.4 Å². The number of unbranched alkanes of at least 4 members (excludes halogenated alkanes) is 1. The molecule has 1 N–H and O–H groups in total. The SMILES string of the molecule is C=CCCCOC(=O)[C@@H]1[C@H]2C(=O)N([C@@H](CC)CO)C(C(=O)N(CC=C)C3CCCCC3)C23CC[C@H]1O3. The Labute approximate surface area is 214 Å². The van der Waals surface area contributed by atoms with Gasteiger partial charge in [-0.15, -0.1) is 13.2 Å². The molecule has 36 heavy (non-hydrogen) atoms. The van der Waals surface area contributed by atoms with Crippen LogP contribution in [0.4, 0.5) is 0 Å². The molecule has 4 fully saturated rings. The number of allylic oxidation sites excluding steroid dienone is 1. The van der Waals surface area contributed by atoms with Gasteiger partial charge in [-0.2, -0.15) is 0 Å². The van der Waals surface area contributed by atoms with Gasteiger partial charge in [0.05, 0.1) is 37.2 Å². The zero-order chi connectivity index (χ0) is 25.9. The van der Waals surface area contributed by atoms with Crippen LogP contribution >= 0.6 is 0 Å². The van der Waals surface area contributed by atoms with Crippen LogP contribution in [0, 0.1) is 11.8 Å². The minimum atomic E-state index is -1.07. The van der Waals surface area contributed by atoms with E-state index in [1.54, 1.807) is 17.1 Å². The Morgan fingerprint density at radius 2 is 2.00 bits per heavy atom. The summed E-state index contributed by atoms with van der Waals surface area (Å²) in [6.45, 7) is 9.88.